The van der Waals surface area contributed by atoms with Crippen LogP contribution in [0.15, 0.2) is 53.5 Å². The maximum Gasteiger partial charge on any atom is 0.337 e. The maximum absolute atomic E-state index is 11.6. The number of anilines is 2. The number of nitrogens with zero attached hydrogens (tertiary/aromatic N) is 1. The summed E-state index contributed by atoms with van der Waals surface area (Å²) in [6.07, 6.45) is 2.11. The van der Waals surface area contributed by atoms with Crippen molar-refractivity contribution in [2.75, 3.05) is 29.2 Å². The third-order valence-corrected chi connectivity index (χ3v) is 6.13. The number of para-hydroxylation sites is 2. The Morgan fingerprint density at radius 2 is 1.81 bits per heavy atom. The highest BCUT2D eigenvalue weighted by molar-refractivity contribution is 7.99. The normalized spacial score (nSPS) is 19.1. The molecule has 5 nitrogen and oxygen atoms in total. The molecule has 2 aromatic rings. The fourth-order valence-electron chi connectivity index (χ4n) is 3.57. The highest BCUT2D eigenvalue weighted by Gasteiger charge is 2.40. The molecular formula is C21H23N3O2S. The van der Waals surface area contributed by atoms with E-state index in [-0.39, 0.29) is 11.5 Å². The van der Waals surface area contributed by atoms with Gasteiger partial charge in [-0.25, -0.2) is 4.79 Å². The van der Waals surface area contributed by atoms with Crippen molar-refractivity contribution in [3.8, 4) is 0 Å². The van der Waals surface area contributed by atoms with Gasteiger partial charge < -0.3 is 15.4 Å². The second-order valence-electron chi connectivity index (χ2n) is 6.84. The number of aliphatic imine (C=N–C) groups is 1. The van der Waals surface area contributed by atoms with E-state index in [2.05, 4.69) is 28.8 Å². The van der Waals surface area contributed by atoms with Crippen LogP contribution in [0.25, 0.3) is 0 Å². The van der Waals surface area contributed by atoms with E-state index >= 15 is 0 Å². The Morgan fingerprint density at radius 1 is 1.11 bits per heavy atom. The predicted molar refractivity (Wildman–Crippen MR) is 112 cm³/mol. The summed E-state index contributed by atoms with van der Waals surface area (Å²) >= 11 is 2.00. The van der Waals surface area contributed by atoms with E-state index in [1.807, 2.05) is 30.0 Å². The van der Waals surface area contributed by atoms with E-state index in [0.717, 1.165) is 47.1 Å². The largest absolute Gasteiger partial charge is 0.465 e. The molecule has 2 N–H and O–H groups in total. The Morgan fingerprint density at radius 3 is 2.52 bits per heavy atom. The van der Waals surface area contributed by atoms with Gasteiger partial charge in [-0.3, -0.25) is 4.99 Å². The fourth-order valence-corrected chi connectivity index (χ4v) is 4.76. The van der Waals surface area contributed by atoms with Crippen LogP contribution in [-0.4, -0.2) is 36.0 Å². The van der Waals surface area contributed by atoms with E-state index in [4.69, 9.17) is 9.73 Å². The fraction of sp³-hybridized carbons (Fsp3) is 0.333. The lowest BCUT2D eigenvalue weighted by atomic mass is 9.87. The molecule has 0 radical (unpaired) electrons. The molecule has 4 rings (SSSR count). The van der Waals surface area contributed by atoms with Crippen molar-refractivity contribution in [3.63, 3.8) is 0 Å². The summed E-state index contributed by atoms with van der Waals surface area (Å²) in [6.45, 7) is 0.572. The number of esters is 1. The molecule has 0 saturated carbocycles. The number of hydrogen-bond donors (Lipinski definition) is 2. The van der Waals surface area contributed by atoms with Crippen LogP contribution in [0.1, 0.15) is 28.8 Å². The quantitative estimate of drug-likeness (QED) is 0.781. The van der Waals surface area contributed by atoms with Crippen LogP contribution in [0, 0.1) is 0 Å². The van der Waals surface area contributed by atoms with Crippen LogP contribution in [0.3, 0.4) is 0 Å². The van der Waals surface area contributed by atoms with Crippen LogP contribution in [0.2, 0.25) is 0 Å². The average molecular weight is 382 g/mol. The molecule has 1 saturated heterocycles. The van der Waals surface area contributed by atoms with Gasteiger partial charge in [0.05, 0.1) is 36.1 Å². The molecule has 2 aliphatic rings. The summed E-state index contributed by atoms with van der Waals surface area (Å²) in [7, 11) is 1.39. The molecule has 0 amide bonds. The highest BCUT2D eigenvalue weighted by Crippen LogP contribution is 2.38. The van der Waals surface area contributed by atoms with E-state index in [1.165, 1.54) is 7.11 Å². The Balaban J connectivity index is 1.59. The number of amidine groups is 1. The summed E-state index contributed by atoms with van der Waals surface area (Å²) in [4.78, 5) is 16.5. The summed E-state index contributed by atoms with van der Waals surface area (Å²) in [5.74, 6) is 2.95. The standard InChI is InChI=1S/C21H23N3O2S/c1-26-19(25)16-8-6-15(7-9-16)14-22-20-21(10-12-27-13-11-21)24-18-5-3-2-4-17(18)23-20/h2-9,24H,10-14H2,1H3,(H,22,23). The lowest BCUT2D eigenvalue weighted by molar-refractivity contribution is 0.0600. The molecule has 0 aliphatic carbocycles. The van der Waals surface area contributed by atoms with Crippen LogP contribution < -0.4 is 10.6 Å². The van der Waals surface area contributed by atoms with Gasteiger partial charge in [0.2, 0.25) is 0 Å². The first-order valence-corrected chi connectivity index (χ1v) is 10.3. The van der Waals surface area contributed by atoms with E-state index in [9.17, 15) is 4.79 Å². The first kappa shape index (κ1) is 17.9. The van der Waals surface area contributed by atoms with E-state index in [1.54, 1.807) is 12.1 Å². The Bertz CT molecular complexity index is 858. The van der Waals surface area contributed by atoms with Crippen molar-refractivity contribution in [1.82, 2.24) is 0 Å². The third kappa shape index (κ3) is 3.67. The summed E-state index contributed by atoms with van der Waals surface area (Å²) in [5.41, 5.74) is 3.72. The number of rotatable bonds is 3. The second kappa shape index (κ2) is 7.64. The first-order valence-electron chi connectivity index (χ1n) is 9.14. The van der Waals surface area contributed by atoms with Gasteiger partial charge in [0.25, 0.3) is 0 Å². The van der Waals surface area contributed by atoms with Crippen molar-refractivity contribution >= 4 is 34.9 Å². The number of thioether (sulfide) groups is 1. The number of carbonyl (C=O) groups excluding carboxylic acids is 1. The molecule has 1 fully saturated rings. The highest BCUT2D eigenvalue weighted by atomic mass is 32.2. The molecule has 2 aromatic carbocycles. The minimum Gasteiger partial charge on any atom is -0.465 e. The van der Waals surface area contributed by atoms with Gasteiger partial charge in [-0.2, -0.15) is 11.8 Å². The van der Waals surface area contributed by atoms with Gasteiger partial charge in [-0.1, -0.05) is 24.3 Å². The van der Waals surface area contributed by atoms with Crippen molar-refractivity contribution in [2.45, 2.75) is 24.9 Å². The maximum atomic E-state index is 11.6. The summed E-state index contributed by atoms with van der Waals surface area (Å²) in [5, 5.41) is 7.33. The zero-order chi connectivity index (χ0) is 18.7. The molecule has 0 aromatic heterocycles. The lowest BCUT2D eigenvalue weighted by Gasteiger charge is -2.43. The first-order chi connectivity index (χ1) is 13.2. The molecular weight excluding hydrogens is 358 g/mol. The molecule has 0 unspecified atom stereocenters. The SMILES string of the molecule is COC(=O)c1ccc(CN=C2Nc3ccccc3NC23CCSCC3)cc1. The molecule has 0 atom stereocenters. The number of nitrogens with one attached hydrogen (secondary N) is 2. The van der Waals surface area contributed by atoms with Gasteiger partial charge in [0.15, 0.2) is 0 Å². The zero-order valence-electron chi connectivity index (χ0n) is 15.3. The van der Waals surface area contributed by atoms with Crippen LogP contribution in [0.4, 0.5) is 11.4 Å². The predicted octanol–water partition coefficient (Wildman–Crippen LogP) is 4.18. The van der Waals surface area contributed by atoms with E-state index < -0.39 is 0 Å². The van der Waals surface area contributed by atoms with Crippen molar-refractivity contribution < 1.29 is 9.53 Å². The lowest BCUT2D eigenvalue weighted by Crippen LogP contribution is -2.54. The minimum atomic E-state index is -0.318. The molecule has 1 spiro atoms. The van der Waals surface area contributed by atoms with E-state index in [0.29, 0.717) is 12.1 Å². The van der Waals surface area contributed by atoms with Crippen molar-refractivity contribution in [1.29, 1.82) is 0 Å². The smallest absolute Gasteiger partial charge is 0.337 e. The van der Waals surface area contributed by atoms with Crippen molar-refractivity contribution in [2.24, 2.45) is 4.99 Å². The number of benzene rings is 2. The van der Waals surface area contributed by atoms with Crippen molar-refractivity contribution in [3.05, 3.63) is 59.7 Å². The second-order valence-corrected chi connectivity index (χ2v) is 8.07. The molecule has 6 heteroatoms. The van der Waals surface area contributed by atoms with Gasteiger partial charge in [0.1, 0.15) is 5.84 Å². The number of fused-ring (bicyclic) bond motifs is 1. The molecule has 2 heterocycles. The third-order valence-electron chi connectivity index (χ3n) is 5.15. The molecule has 140 valence electrons. The zero-order valence-corrected chi connectivity index (χ0v) is 16.1. The Kier molecular flexibility index (Phi) is 5.07. The average Bonchev–Trinajstić information content (AvgIpc) is 2.72. The van der Waals surface area contributed by atoms with Crippen LogP contribution >= 0.6 is 11.8 Å². The summed E-state index contributed by atoms with van der Waals surface area (Å²) < 4.78 is 4.75. The van der Waals surface area contributed by atoms with Crippen LogP contribution in [-0.2, 0) is 11.3 Å². The number of ether oxygens (including phenoxy) is 1. The molecule has 2 aliphatic heterocycles. The monoisotopic (exact) mass is 381 g/mol. The number of methoxy groups -OCH3 is 1. The number of carbonyl (C=O) groups is 1. The van der Waals surface area contributed by atoms with Gasteiger partial charge in [-0.05, 0) is 54.2 Å². The minimum absolute atomic E-state index is 0.119. The molecule has 27 heavy (non-hydrogen) atoms. The van der Waals surface area contributed by atoms with Gasteiger partial charge >= 0.3 is 5.97 Å². The summed E-state index contributed by atoms with van der Waals surface area (Å²) in [6, 6.07) is 15.7. The Hall–Kier alpha value is -2.47. The van der Waals surface area contributed by atoms with Gasteiger partial charge in [0, 0.05) is 0 Å². The van der Waals surface area contributed by atoms with Gasteiger partial charge in [-0.15, -0.1) is 0 Å². The Labute approximate surface area is 163 Å². The number of hydrogen-bond acceptors (Lipinski definition) is 5. The topological polar surface area (TPSA) is 62.7 Å². The molecule has 0 bridgehead atoms. The van der Waals surface area contributed by atoms with Crippen LogP contribution in [0.5, 0.6) is 0 Å².